The van der Waals surface area contributed by atoms with Gasteiger partial charge in [0.1, 0.15) is 5.75 Å². The molecule has 1 aromatic rings. The molecule has 6 heteroatoms. The van der Waals surface area contributed by atoms with Gasteiger partial charge in [-0.2, -0.15) is 0 Å². The van der Waals surface area contributed by atoms with Gasteiger partial charge < -0.3 is 19.7 Å². The van der Waals surface area contributed by atoms with Gasteiger partial charge in [-0.1, -0.05) is 13.3 Å². The van der Waals surface area contributed by atoms with Crippen LogP contribution in [0.25, 0.3) is 0 Å². The Hall–Kier alpha value is -2.08. The lowest BCUT2D eigenvalue weighted by Gasteiger charge is -2.17. The average Bonchev–Trinajstić information content (AvgIpc) is 3.01. The number of methoxy groups -OCH3 is 1. The smallest absolute Gasteiger partial charge is 0.227 e. The molecule has 1 atom stereocenters. The fourth-order valence-corrected chi connectivity index (χ4v) is 2.76. The highest BCUT2D eigenvalue weighted by Crippen LogP contribution is 2.27. The van der Waals surface area contributed by atoms with Gasteiger partial charge in [0.25, 0.3) is 0 Å². The molecule has 0 bridgehead atoms. The van der Waals surface area contributed by atoms with Crippen molar-refractivity contribution >= 4 is 17.5 Å². The van der Waals surface area contributed by atoms with Gasteiger partial charge >= 0.3 is 0 Å². The second kappa shape index (κ2) is 10.0. The number of hydrogen-bond acceptors (Lipinski definition) is 4. The van der Waals surface area contributed by atoms with Crippen LogP contribution in [0.3, 0.4) is 0 Å². The Morgan fingerprint density at radius 2 is 2.00 bits per heavy atom. The first-order chi connectivity index (χ1) is 12.2. The van der Waals surface area contributed by atoms with Crippen molar-refractivity contribution in [2.45, 2.75) is 32.6 Å². The number of anilines is 1. The van der Waals surface area contributed by atoms with Gasteiger partial charge in [-0.15, -0.1) is 0 Å². The van der Waals surface area contributed by atoms with Gasteiger partial charge in [-0.05, 0) is 37.1 Å². The van der Waals surface area contributed by atoms with Crippen molar-refractivity contribution in [2.75, 3.05) is 38.3 Å². The van der Waals surface area contributed by atoms with E-state index < -0.39 is 0 Å². The maximum Gasteiger partial charge on any atom is 0.227 e. The molecule has 0 unspecified atom stereocenters. The van der Waals surface area contributed by atoms with E-state index in [1.807, 2.05) is 24.3 Å². The van der Waals surface area contributed by atoms with Crippen LogP contribution in [0.15, 0.2) is 24.3 Å². The fourth-order valence-electron chi connectivity index (χ4n) is 2.76. The molecule has 1 aliphatic heterocycles. The quantitative estimate of drug-likeness (QED) is 0.659. The van der Waals surface area contributed by atoms with E-state index in [2.05, 4.69) is 12.2 Å². The third-order valence-corrected chi connectivity index (χ3v) is 4.24. The number of unbranched alkanes of at least 4 members (excludes halogenated alkanes) is 1. The highest BCUT2D eigenvalue weighted by Gasteiger charge is 2.34. The number of ether oxygens (including phenoxy) is 2. The maximum absolute atomic E-state index is 12.3. The molecule has 2 rings (SSSR count). The van der Waals surface area contributed by atoms with Crippen LogP contribution in [-0.4, -0.2) is 45.2 Å². The molecule has 138 valence electrons. The van der Waals surface area contributed by atoms with Crippen molar-refractivity contribution in [3.8, 4) is 5.75 Å². The maximum atomic E-state index is 12.3. The molecule has 1 aliphatic rings. The number of nitrogens with one attached hydrogen (secondary N) is 1. The van der Waals surface area contributed by atoms with E-state index in [0.29, 0.717) is 26.3 Å². The summed E-state index contributed by atoms with van der Waals surface area (Å²) in [6.07, 6.45) is 3.14. The van der Waals surface area contributed by atoms with Gasteiger partial charge in [0, 0.05) is 38.9 Å². The van der Waals surface area contributed by atoms with E-state index in [1.54, 1.807) is 12.0 Å². The van der Waals surface area contributed by atoms with Crippen LogP contribution < -0.4 is 15.0 Å². The molecule has 1 saturated heterocycles. The van der Waals surface area contributed by atoms with Crippen LogP contribution in [0.1, 0.15) is 32.6 Å². The minimum atomic E-state index is -0.296. The summed E-state index contributed by atoms with van der Waals surface area (Å²) >= 11 is 0. The Kier molecular flexibility index (Phi) is 7.73. The molecule has 2 amide bonds. The molecular formula is C19H28N2O4. The molecule has 0 saturated carbocycles. The lowest BCUT2D eigenvalue weighted by molar-refractivity contribution is -0.126. The lowest BCUT2D eigenvalue weighted by Crippen LogP contribution is -2.33. The van der Waals surface area contributed by atoms with Crippen molar-refractivity contribution in [1.29, 1.82) is 0 Å². The largest absolute Gasteiger partial charge is 0.494 e. The van der Waals surface area contributed by atoms with E-state index in [-0.39, 0.29) is 24.2 Å². The number of benzene rings is 1. The summed E-state index contributed by atoms with van der Waals surface area (Å²) in [6.45, 7) is 4.42. The topological polar surface area (TPSA) is 67.9 Å². The van der Waals surface area contributed by atoms with Gasteiger partial charge in [0.05, 0.1) is 12.5 Å². The monoisotopic (exact) mass is 348 g/mol. The van der Waals surface area contributed by atoms with E-state index >= 15 is 0 Å². The summed E-state index contributed by atoms with van der Waals surface area (Å²) in [4.78, 5) is 26.1. The zero-order chi connectivity index (χ0) is 18.1. The molecular weight excluding hydrogens is 320 g/mol. The van der Waals surface area contributed by atoms with Crippen molar-refractivity contribution < 1.29 is 19.1 Å². The van der Waals surface area contributed by atoms with Crippen LogP contribution in [0.5, 0.6) is 5.75 Å². The summed E-state index contributed by atoms with van der Waals surface area (Å²) in [5.41, 5.74) is 0.808. The van der Waals surface area contributed by atoms with Crippen LogP contribution in [0.4, 0.5) is 5.69 Å². The predicted octanol–water partition coefficient (Wildman–Crippen LogP) is 2.37. The van der Waals surface area contributed by atoms with Crippen molar-refractivity contribution in [2.24, 2.45) is 5.92 Å². The molecule has 1 heterocycles. The molecule has 1 N–H and O–H groups in total. The summed E-state index contributed by atoms with van der Waals surface area (Å²) in [7, 11) is 1.63. The summed E-state index contributed by atoms with van der Waals surface area (Å²) < 4.78 is 10.6. The molecule has 6 nitrogen and oxygen atoms in total. The van der Waals surface area contributed by atoms with Crippen LogP contribution in [0, 0.1) is 5.92 Å². The first-order valence-corrected chi connectivity index (χ1v) is 8.95. The molecule has 0 aliphatic carbocycles. The summed E-state index contributed by atoms with van der Waals surface area (Å²) in [5, 5.41) is 2.87. The van der Waals surface area contributed by atoms with E-state index in [9.17, 15) is 9.59 Å². The van der Waals surface area contributed by atoms with Gasteiger partial charge in [0.15, 0.2) is 0 Å². The number of amides is 2. The molecule has 25 heavy (non-hydrogen) atoms. The Labute approximate surface area is 149 Å². The SMILES string of the molecule is CCCCOc1ccc(N2C[C@@H](C(=O)NCCCOC)CC2=O)cc1. The van der Waals surface area contributed by atoms with Crippen LogP contribution in [0.2, 0.25) is 0 Å². The fraction of sp³-hybridized carbons (Fsp3) is 0.579. The lowest BCUT2D eigenvalue weighted by atomic mass is 10.1. The van der Waals surface area contributed by atoms with Gasteiger partial charge in [-0.3, -0.25) is 9.59 Å². The number of carbonyl (C=O) groups is 2. The normalized spacial score (nSPS) is 17.0. The summed E-state index contributed by atoms with van der Waals surface area (Å²) in [6, 6.07) is 7.49. The average molecular weight is 348 g/mol. The van der Waals surface area contributed by atoms with Crippen molar-refractivity contribution in [3.05, 3.63) is 24.3 Å². The van der Waals surface area contributed by atoms with Crippen molar-refractivity contribution in [3.63, 3.8) is 0 Å². The number of rotatable bonds is 10. The number of carbonyl (C=O) groups excluding carboxylic acids is 2. The third-order valence-electron chi connectivity index (χ3n) is 4.24. The first kappa shape index (κ1) is 19.2. The van der Waals surface area contributed by atoms with Crippen molar-refractivity contribution in [1.82, 2.24) is 5.32 Å². The minimum absolute atomic E-state index is 0.0170. The van der Waals surface area contributed by atoms with Crippen LogP contribution >= 0.6 is 0 Å². The molecule has 0 radical (unpaired) electrons. The zero-order valence-electron chi connectivity index (χ0n) is 15.1. The number of nitrogens with zero attached hydrogens (tertiary/aromatic N) is 1. The highest BCUT2D eigenvalue weighted by molar-refractivity contribution is 6.00. The van der Waals surface area contributed by atoms with E-state index in [4.69, 9.17) is 9.47 Å². The Morgan fingerprint density at radius 1 is 1.24 bits per heavy atom. The standard InChI is InChI=1S/C19H28N2O4/c1-3-4-12-25-17-8-6-16(7-9-17)21-14-15(13-18(21)22)19(23)20-10-5-11-24-2/h6-9,15H,3-5,10-14H2,1-2H3,(H,20,23)/t15-/m0/s1. The molecule has 0 aromatic heterocycles. The second-order valence-corrected chi connectivity index (χ2v) is 6.24. The highest BCUT2D eigenvalue weighted by atomic mass is 16.5. The van der Waals surface area contributed by atoms with E-state index in [0.717, 1.165) is 30.7 Å². The molecule has 1 fully saturated rings. The molecule has 0 spiro atoms. The van der Waals surface area contributed by atoms with Gasteiger partial charge in [0.2, 0.25) is 11.8 Å². The number of hydrogen-bond donors (Lipinski definition) is 1. The first-order valence-electron chi connectivity index (χ1n) is 8.95. The van der Waals surface area contributed by atoms with E-state index in [1.165, 1.54) is 0 Å². The summed E-state index contributed by atoms with van der Waals surface area (Å²) in [5.74, 6) is 0.426. The zero-order valence-corrected chi connectivity index (χ0v) is 15.1. The Balaban J connectivity index is 1.86. The predicted molar refractivity (Wildman–Crippen MR) is 96.8 cm³/mol. The Bertz CT molecular complexity index is 559. The van der Waals surface area contributed by atoms with Gasteiger partial charge in [-0.25, -0.2) is 0 Å². The van der Waals surface area contributed by atoms with Crippen LogP contribution in [-0.2, 0) is 14.3 Å². The third kappa shape index (κ3) is 5.74. The Morgan fingerprint density at radius 3 is 2.68 bits per heavy atom. The minimum Gasteiger partial charge on any atom is -0.494 e. The second-order valence-electron chi connectivity index (χ2n) is 6.24. The molecule has 1 aromatic carbocycles.